The second-order valence-electron chi connectivity index (χ2n) is 3.19. The second-order valence-corrected chi connectivity index (χ2v) is 4.30. The van der Waals surface area contributed by atoms with Crippen LogP contribution in [-0.4, -0.2) is 31.1 Å². The number of nitrogens with one attached hydrogen (secondary N) is 1. The highest BCUT2D eigenvalue weighted by Gasteiger charge is 2.10. The van der Waals surface area contributed by atoms with Crippen LogP contribution in [0.2, 0.25) is 0 Å². The lowest BCUT2D eigenvalue weighted by Crippen LogP contribution is -2.16. The Kier molecular flexibility index (Phi) is 6.30. The Morgan fingerprint density at radius 3 is 3.18 bits per heavy atom. The van der Waals surface area contributed by atoms with Gasteiger partial charge in [0.25, 0.3) is 0 Å². The molecular weight excluding hydrogens is 238 g/mol. The largest absolute Gasteiger partial charge is 0.463 e. The van der Waals surface area contributed by atoms with Crippen molar-refractivity contribution in [2.24, 2.45) is 0 Å². The molecule has 0 bridgehead atoms. The van der Waals surface area contributed by atoms with Crippen LogP contribution >= 0.6 is 11.8 Å². The Bertz CT molecular complexity index is 395. The van der Waals surface area contributed by atoms with Crippen LogP contribution in [0.1, 0.15) is 16.3 Å². The van der Waals surface area contributed by atoms with Crippen molar-refractivity contribution >= 4 is 17.7 Å². The van der Waals surface area contributed by atoms with E-state index >= 15 is 0 Å². The van der Waals surface area contributed by atoms with E-state index in [4.69, 9.17) is 10.8 Å². The number of methoxy groups -OCH3 is 1. The summed E-state index contributed by atoms with van der Waals surface area (Å²) in [6.45, 7) is 1.44. The van der Waals surface area contributed by atoms with Gasteiger partial charge in [-0.25, -0.2) is 4.79 Å². The van der Waals surface area contributed by atoms with Crippen LogP contribution in [0.5, 0.6) is 0 Å². The molecule has 0 radical (unpaired) electrons. The van der Waals surface area contributed by atoms with Crippen LogP contribution in [0.4, 0.5) is 0 Å². The van der Waals surface area contributed by atoms with Gasteiger partial charge in [0.05, 0.1) is 19.4 Å². The molecule has 17 heavy (non-hydrogen) atoms. The Balaban J connectivity index is 2.21. The van der Waals surface area contributed by atoms with Crippen molar-refractivity contribution in [2.45, 2.75) is 6.54 Å². The molecule has 0 unspecified atom stereocenters. The third-order valence-electron chi connectivity index (χ3n) is 1.96. The zero-order valence-corrected chi connectivity index (χ0v) is 10.5. The maximum absolute atomic E-state index is 11.1. The maximum Gasteiger partial charge on any atom is 0.373 e. The van der Waals surface area contributed by atoms with E-state index in [2.05, 4.69) is 16.0 Å². The first-order valence-electron chi connectivity index (χ1n) is 5.17. The average Bonchev–Trinajstić information content (AvgIpc) is 2.81. The first kappa shape index (κ1) is 13.7. The van der Waals surface area contributed by atoms with Gasteiger partial charge >= 0.3 is 5.97 Å². The van der Waals surface area contributed by atoms with Gasteiger partial charge in [-0.15, -0.1) is 18.2 Å². The molecule has 1 heterocycles. The molecule has 0 saturated heterocycles. The van der Waals surface area contributed by atoms with Crippen LogP contribution in [0.15, 0.2) is 16.5 Å². The summed E-state index contributed by atoms with van der Waals surface area (Å²) >= 11 is 1.70. The number of hydrogen-bond acceptors (Lipinski definition) is 5. The smallest absolute Gasteiger partial charge is 0.373 e. The lowest BCUT2D eigenvalue weighted by Gasteiger charge is -2.01. The van der Waals surface area contributed by atoms with Gasteiger partial charge < -0.3 is 14.5 Å². The highest BCUT2D eigenvalue weighted by molar-refractivity contribution is 7.99. The SMILES string of the molecule is C#CCSCCNCc1ccc(C(=O)OC)o1. The molecule has 0 aromatic carbocycles. The van der Waals surface area contributed by atoms with E-state index in [1.165, 1.54) is 7.11 Å². The van der Waals surface area contributed by atoms with Crippen molar-refractivity contribution in [3.63, 3.8) is 0 Å². The van der Waals surface area contributed by atoms with E-state index in [-0.39, 0.29) is 5.76 Å². The highest BCUT2D eigenvalue weighted by atomic mass is 32.2. The van der Waals surface area contributed by atoms with E-state index in [0.29, 0.717) is 12.3 Å². The van der Waals surface area contributed by atoms with Gasteiger partial charge in [0.2, 0.25) is 5.76 Å². The number of ether oxygens (including phenoxy) is 1. The van der Waals surface area contributed by atoms with Gasteiger partial charge in [-0.05, 0) is 12.1 Å². The van der Waals surface area contributed by atoms with Crippen molar-refractivity contribution in [1.82, 2.24) is 5.32 Å². The molecule has 0 atom stereocenters. The quantitative estimate of drug-likeness (QED) is 0.453. The fourth-order valence-corrected chi connectivity index (χ4v) is 1.72. The predicted molar refractivity (Wildman–Crippen MR) is 67.9 cm³/mol. The summed E-state index contributed by atoms with van der Waals surface area (Å²) in [6, 6.07) is 3.36. The summed E-state index contributed by atoms with van der Waals surface area (Å²) in [4.78, 5) is 11.1. The van der Waals surface area contributed by atoms with Gasteiger partial charge in [0, 0.05) is 12.3 Å². The lowest BCUT2D eigenvalue weighted by molar-refractivity contribution is 0.0563. The average molecular weight is 253 g/mol. The van der Waals surface area contributed by atoms with E-state index in [1.54, 1.807) is 23.9 Å². The molecule has 0 saturated carbocycles. The summed E-state index contributed by atoms with van der Waals surface area (Å²) in [7, 11) is 1.32. The maximum atomic E-state index is 11.1. The predicted octanol–water partition coefficient (Wildman–Crippen LogP) is 1.52. The number of carbonyl (C=O) groups excluding carboxylic acids is 1. The molecule has 92 valence electrons. The number of esters is 1. The lowest BCUT2D eigenvalue weighted by atomic mass is 10.4. The molecule has 1 aromatic rings. The number of terminal acetylenes is 1. The van der Waals surface area contributed by atoms with E-state index in [0.717, 1.165) is 18.1 Å². The number of rotatable bonds is 7. The monoisotopic (exact) mass is 253 g/mol. The minimum absolute atomic E-state index is 0.228. The summed E-state index contributed by atoms with van der Waals surface area (Å²) in [6.07, 6.45) is 5.13. The van der Waals surface area contributed by atoms with Crippen LogP contribution in [0, 0.1) is 12.3 Å². The molecule has 5 heteroatoms. The first-order chi connectivity index (χ1) is 8.27. The van der Waals surface area contributed by atoms with Crippen molar-refractivity contribution in [3.05, 3.63) is 23.7 Å². The van der Waals surface area contributed by atoms with E-state index < -0.39 is 5.97 Å². The molecule has 0 aliphatic heterocycles. The number of carbonyl (C=O) groups is 1. The molecule has 4 nitrogen and oxygen atoms in total. The summed E-state index contributed by atoms with van der Waals surface area (Å²) in [5.41, 5.74) is 0. The zero-order valence-electron chi connectivity index (χ0n) is 9.69. The molecule has 0 amide bonds. The second kappa shape index (κ2) is 7.82. The molecule has 0 spiro atoms. The van der Waals surface area contributed by atoms with Crippen LogP contribution in [-0.2, 0) is 11.3 Å². The van der Waals surface area contributed by atoms with Gasteiger partial charge in [0.1, 0.15) is 5.76 Å². The van der Waals surface area contributed by atoms with Crippen LogP contribution in [0.3, 0.4) is 0 Å². The van der Waals surface area contributed by atoms with Crippen molar-refractivity contribution in [3.8, 4) is 12.3 Å². The topological polar surface area (TPSA) is 51.5 Å². The van der Waals surface area contributed by atoms with Crippen molar-refractivity contribution < 1.29 is 13.9 Å². The summed E-state index contributed by atoms with van der Waals surface area (Å²) < 4.78 is 9.83. The molecule has 1 N–H and O–H groups in total. The van der Waals surface area contributed by atoms with E-state index in [1.807, 2.05) is 0 Å². The molecular formula is C12H15NO3S. The van der Waals surface area contributed by atoms with Crippen molar-refractivity contribution in [2.75, 3.05) is 25.2 Å². The minimum Gasteiger partial charge on any atom is -0.463 e. The standard InChI is InChI=1S/C12H15NO3S/c1-3-7-17-8-6-13-9-10-4-5-11(16-10)12(14)15-2/h1,4-5,13H,6-9H2,2H3. The Hall–Kier alpha value is -1.38. The molecule has 0 aliphatic rings. The van der Waals surface area contributed by atoms with Crippen LogP contribution in [0.25, 0.3) is 0 Å². The third-order valence-corrected chi connectivity index (χ3v) is 2.82. The minimum atomic E-state index is -0.458. The van der Waals surface area contributed by atoms with Gasteiger partial charge in [-0.2, -0.15) is 0 Å². The van der Waals surface area contributed by atoms with Gasteiger partial charge in [-0.1, -0.05) is 5.92 Å². The molecule has 0 aliphatic carbocycles. The summed E-state index contributed by atoms with van der Waals surface area (Å²) in [5.74, 6) is 4.73. The van der Waals surface area contributed by atoms with Crippen LogP contribution < -0.4 is 5.32 Å². The summed E-state index contributed by atoms with van der Waals surface area (Å²) in [5, 5.41) is 3.20. The van der Waals surface area contributed by atoms with E-state index in [9.17, 15) is 4.79 Å². The van der Waals surface area contributed by atoms with Crippen molar-refractivity contribution in [1.29, 1.82) is 0 Å². The Morgan fingerprint density at radius 1 is 1.65 bits per heavy atom. The molecule has 1 rings (SSSR count). The fourth-order valence-electron chi connectivity index (χ4n) is 1.17. The molecule has 1 aromatic heterocycles. The number of hydrogen-bond donors (Lipinski definition) is 1. The first-order valence-corrected chi connectivity index (χ1v) is 6.32. The normalized spacial score (nSPS) is 9.88. The van der Waals surface area contributed by atoms with Gasteiger partial charge in [-0.3, -0.25) is 0 Å². The number of thioether (sulfide) groups is 1. The zero-order chi connectivity index (χ0) is 12.5. The Morgan fingerprint density at radius 2 is 2.47 bits per heavy atom. The number of furan rings is 1. The third kappa shape index (κ3) is 4.98. The molecule has 0 fully saturated rings. The Labute approximate surface area is 105 Å². The highest BCUT2D eigenvalue weighted by Crippen LogP contribution is 2.08. The fraction of sp³-hybridized carbons (Fsp3) is 0.417. The van der Waals surface area contributed by atoms with Gasteiger partial charge in [0.15, 0.2) is 0 Å².